The van der Waals surface area contributed by atoms with Gasteiger partial charge in [-0.2, -0.15) is 0 Å². The first kappa shape index (κ1) is 14.8. The smallest absolute Gasteiger partial charge is 0.133 e. The topological polar surface area (TPSA) is 75.2 Å². The van der Waals surface area contributed by atoms with Crippen LogP contribution in [0.25, 0.3) is 0 Å². The van der Waals surface area contributed by atoms with Crippen molar-refractivity contribution in [2.24, 2.45) is 5.73 Å². The van der Waals surface area contributed by atoms with Crippen LogP contribution in [0.5, 0.6) is 11.5 Å². The standard InChI is InChI=1S/C13H17BrN4O2/c1-8(15)11-7-18(17-16-11)6-9-4-13(20-3)10(14)5-12(9)19-2/h4-5,7-8H,6,15H2,1-3H3. The van der Waals surface area contributed by atoms with Crippen LogP contribution in [0.2, 0.25) is 0 Å². The second-order valence-electron chi connectivity index (χ2n) is 4.43. The van der Waals surface area contributed by atoms with E-state index in [1.165, 1.54) is 0 Å². The summed E-state index contributed by atoms with van der Waals surface area (Å²) in [6.07, 6.45) is 1.83. The third-order valence-corrected chi connectivity index (χ3v) is 3.53. The Bertz CT molecular complexity index is 598. The van der Waals surface area contributed by atoms with Crippen molar-refractivity contribution in [3.05, 3.63) is 34.1 Å². The molecule has 0 aliphatic carbocycles. The predicted octanol–water partition coefficient (Wildman–Crippen LogP) is 2.13. The molecule has 0 aliphatic heterocycles. The Labute approximate surface area is 126 Å². The number of nitrogens with zero attached hydrogens (tertiary/aromatic N) is 3. The van der Waals surface area contributed by atoms with E-state index in [4.69, 9.17) is 15.2 Å². The van der Waals surface area contributed by atoms with Gasteiger partial charge < -0.3 is 15.2 Å². The van der Waals surface area contributed by atoms with E-state index in [0.29, 0.717) is 6.54 Å². The summed E-state index contributed by atoms with van der Waals surface area (Å²) in [5.74, 6) is 1.50. The molecular formula is C13H17BrN4O2. The summed E-state index contributed by atoms with van der Waals surface area (Å²) in [5.41, 5.74) is 7.49. The van der Waals surface area contributed by atoms with Crippen molar-refractivity contribution in [3.63, 3.8) is 0 Å². The van der Waals surface area contributed by atoms with Crippen molar-refractivity contribution < 1.29 is 9.47 Å². The quantitative estimate of drug-likeness (QED) is 0.902. The Kier molecular flexibility index (Phi) is 4.61. The molecule has 2 rings (SSSR count). The Morgan fingerprint density at radius 2 is 2.00 bits per heavy atom. The van der Waals surface area contributed by atoms with E-state index in [1.807, 2.05) is 25.3 Å². The third-order valence-electron chi connectivity index (χ3n) is 2.91. The van der Waals surface area contributed by atoms with E-state index < -0.39 is 0 Å². The van der Waals surface area contributed by atoms with E-state index in [-0.39, 0.29) is 6.04 Å². The molecule has 108 valence electrons. The molecule has 1 unspecified atom stereocenters. The van der Waals surface area contributed by atoms with Gasteiger partial charge in [0, 0.05) is 11.6 Å². The van der Waals surface area contributed by atoms with Crippen molar-refractivity contribution in [2.75, 3.05) is 14.2 Å². The fraction of sp³-hybridized carbons (Fsp3) is 0.385. The molecular weight excluding hydrogens is 324 g/mol. The molecule has 1 aromatic carbocycles. The normalized spacial score (nSPS) is 12.2. The molecule has 1 heterocycles. The minimum absolute atomic E-state index is 0.134. The van der Waals surface area contributed by atoms with Gasteiger partial charge in [-0.05, 0) is 35.0 Å². The van der Waals surface area contributed by atoms with Gasteiger partial charge in [-0.25, -0.2) is 4.68 Å². The Morgan fingerprint density at radius 3 is 2.55 bits per heavy atom. The van der Waals surface area contributed by atoms with E-state index in [0.717, 1.165) is 27.2 Å². The molecule has 7 heteroatoms. The number of hydrogen-bond donors (Lipinski definition) is 1. The molecule has 0 saturated carbocycles. The second-order valence-corrected chi connectivity index (χ2v) is 5.28. The van der Waals surface area contributed by atoms with Crippen molar-refractivity contribution in [1.29, 1.82) is 0 Å². The monoisotopic (exact) mass is 340 g/mol. The number of ether oxygens (including phenoxy) is 2. The van der Waals surface area contributed by atoms with Crippen LogP contribution in [0, 0.1) is 0 Å². The number of nitrogens with two attached hydrogens (primary N) is 1. The van der Waals surface area contributed by atoms with Gasteiger partial charge in [-0.1, -0.05) is 5.21 Å². The first-order valence-electron chi connectivity index (χ1n) is 6.11. The summed E-state index contributed by atoms with van der Waals surface area (Å²) < 4.78 is 13.2. The van der Waals surface area contributed by atoms with Gasteiger partial charge in [-0.15, -0.1) is 5.10 Å². The average Bonchev–Trinajstić information content (AvgIpc) is 2.89. The van der Waals surface area contributed by atoms with Crippen LogP contribution >= 0.6 is 15.9 Å². The summed E-state index contributed by atoms with van der Waals surface area (Å²) in [6, 6.07) is 3.65. The molecule has 0 saturated heterocycles. The minimum Gasteiger partial charge on any atom is -0.496 e. The van der Waals surface area contributed by atoms with Crippen molar-refractivity contribution in [3.8, 4) is 11.5 Å². The van der Waals surface area contributed by atoms with Crippen LogP contribution in [-0.4, -0.2) is 29.2 Å². The molecule has 0 amide bonds. The zero-order valence-electron chi connectivity index (χ0n) is 11.6. The molecule has 20 heavy (non-hydrogen) atoms. The van der Waals surface area contributed by atoms with E-state index in [9.17, 15) is 0 Å². The number of aromatic nitrogens is 3. The lowest BCUT2D eigenvalue weighted by molar-refractivity contribution is 0.394. The van der Waals surface area contributed by atoms with Crippen LogP contribution in [0.15, 0.2) is 22.8 Å². The highest BCUT2D eigenvalue weighted by Gasteiger charge is 2.12. The highest BCUT2D eigenvalue weighted by molar-refractivity contribution is 9.10. The maximum atomic E-state index is 5.78. The van der Waals surface area contributed by atoms with Crippen LogP contribution in [0.1, 0.15) is 24.2 Å². The van der Waals surface area contributed by atoms with Gasteiger partial charge in [0.05, 0.1) is 37.1 Å². The highest BCUT2D eigenvalue weighted by atomic mass is 79.9. The van der Waals surface area contributed by atoms with Gasteiger partial charge in [0.1, 0.15) is 11.5 Å². The number of methoxy groups -OCH3 is 2. The van der Waals surface area contributed by atoms with E-state index in [2.05, 4.69) is 26.2 Å². The largest absolute Gasteiger partial charge is 0.496 e. The van der Waals surface area contributed by atoms with Crippen molar-refractivity contribution in [2.45, 2.75) is 19.5 Å². The number of rotatable bonds is 5. The predicted molar refractivity (Wildman–Crippen MR) is 79.0 cm³/mol. The van der Waals surface area contributed by atoms with Gasteiger partial charge in [0.15, 0.2) is 0 Å². The Balaban J connectivity index is 2.31. The molecule has 2 aromatic rings. The maximum absolute atomic E-state index is 5.78. The van der Waals surface area contributed by atoms with Gasteiger partial charge in [0.25, 0.3) is 0 Å². The summed E-state index contributed by atoms with van der Waals surface area (Å²) in [5, 5.41) is 8.10. The number of benzene rings is 1. The fourth-order valence-corrected chi connectivity index (χ4v) is 2.31. The number of hydrogen-bond acceptors (Lipinski definition) is 5. The Hall–Kier alpha value is -1.60. The van der Waals surface area contributed by atoms with E-state index in [1.54, 1.807) is 18.9 Å². The van der Waals surface area contributed by atoms with E-state index >= 15 is 0 Å². The molecule has 0 radical (unpaired) electrons. The molecule has 6 nitrogen and oxygen atoms in total. The van der Waals surface area contributed by atoms with Gasteiger partial charge in [0.2, 0.25) is 0 Å². The lowest BCUT2D eigenvalue weighted by atomic mass is 10.2. The average molecular weight is 341 g/mol. The van der Waals surface area contributed by atoms with Crippen LogP contribution in [-0.2, 0) is 6.54 Å². The Morgan fingerprint density at radius 1 is 1.30 bits per heavy atom. The maximum Gasteiger partial charge on any atom is 0.133 e. The molecule has 2 N–H and O–H groups in total. The molecule has 0 aliphatic rings. The summed E-state index contributed by atoms with van der Waals surface area (Å²) in [4.78, 5) is 0. The zero-order chi connectivity index (χ0) is 14.7. The summed E-state index contributed by atoms with van der Waals surface area (Å²) in [6.45, 7) is 2.41. The molecule has 0 spiro atoms. The van der Waals surface area contributed by atoms with Crippen molar-refractivity contribution in [1.82, 2.24) is 15.0 Å². The lowest BCUT2D eigenvalue weighted by Gasteiger charge is -2.12. The summed E-state index contributed by atoms with van der Waals surface area (Å²) in [7, 11) is 3.26. The van der Waals surface area contributed by atoms with Crippen LogP contribution in [0.4, 0.5) is 0 Å². The first-order chi connectivity index (χ1) is 9.55. The second kappa shape index (κ2) is 6.23. The molecule has 0 bridgehead atoms. The van der Waals surface area contributed by atoms with Gasteiger partial charge in [-0.3, -0.25) is 0 Å². The fourth-order valence-electron chi connectivity index (χ4n) is 1.82. The molecule has 0 fully saturated rings. The summed E-state index contributed by atoms with van der Waals surface area (Å²) >= 11 is 3.43. The van der Waals surface area contributed by atoms with Crippen LogP contribution < -0.4 is 15.2 Å². The number of halogens is 1. The SMILES string of the molecule is COc1cc(Cn2cc(C(C)N)nn2)c(OC)cc1Br. The van der Waals surface area contributed by atoms with Crippen LogP contribution in [0.3, 0.4) is 0 Å². The molecule has 1 atom stereocenters. The first-order valence-corrected chi connectivity index (χ1v) is 6.90. The molecule has 1 aromatic heterocycles. The highest BCUT2D eigenvalue weighted by Crippen LogP contribution is 2.33. The minimum atomic E-state index is -0.134. The lowest BCUT2D eigenvalue weighted by Crippen LogP contribution is -2.05. The van der Waals surface area contributed by atoms with Gasteiger partial charge >= 0.3 is 0 Å². The zero-order valence-corrected chi connectivity index (χ0v) is 13.2. The van der Waals surface area contributed by atoms with Crippen molar-refractivity contribution >= 4 is 15.9 Å². The third kappa shape index (κ3) is 3.10.